The zero-order valence-electron chi connectivity index (χ0n) is 17.4. The van der Waals surface area contributed by atoms with E-state index in [0.717, 1.165) is 52.0 Å². The minimum absolute atomic E-state index is 0.126. The molecule has 0 radical (unpaired) electrons. The van der Waals surface area contributed by atoms with E-state index in [9.17, 15) is 17.2 Å². The Balaban J connectivity index is 1.31. The zero-order valence-corrected chi connectivity index (χ0v) is 19.0. The van der Waals surface area contributed by atoms with E-state index in [0.29, 0.717) is 31.3 Å². The van der Waals surface area contributed by atoms with Crippen LogP contribution in [0.5, 0.6) is 0 Å². The van der Waals surface area contributed by atoms with E-state index in [2.05, 4.69) is 4.98 Å². The summed E-state index contributed by atoms with van der Waals surface area (Å²) in [6, 6.07) is 3.05. The van der Waals surface area contributed by atoms with Gasteiger partial charge in [-0.05, 0) is 43.4 Å². The monoisotopic (exact) mass is 479 g/mol. The van der Waals surface area contributed by atoms with Gasteiger partial charge in [0.1, 0.15) is 28.1 Å². The second-order valence-electron chi connectivity index (χ2n) is 8.15. The number of nitrogens with zero attached hydrogens (tertiary/aromatic N) is 4. The number of aromatic nitrogens is 2. The average Bonchev–Trinajstić information content (AvgIpc) is 3.12. The normalized spacial score (nSPS) is 18.2. The molecule has 11 heteroatoms. The number of piperazine rings is 1. The lowest BCUT2D eigenvalue weighted by Gasteiger charge is -2.33. The molecule has 3 aromatic rings. The number of anilines is 1. The Labute approximate surface area is 188 Å². The minimum Gasteiger partial charge on any atom is -0.383 e. The molecule has 1 aliphatic heterocycles. The van der Waals surface area contributed by atoms with Crippen molar-refractivity contribution in [3.63, 3.8) is 0 Å². The number of fused-ring (bicyclic) bond motifs is 3. The van der Waals surface area contributed by atoms with Gasteiger partial charge in [-0.1, -0.05) is 6.07 Å². The molecule has 0 amide bonds. The lowest BCUT2D eigenvalue weighted by Crippen LogP contribution is -2.48. The number of nitrogen functional groups attached to an aromatic ring is 1. The molecule has 0 saturated carbocycles. The molecule has 0 bridgehead atoms. The van der Waals surface area contributed by atoms with Crippen LogP contribution in [0.2, 0.25) is 0 Å². The lowest BCUT2D eigenvalue weighted by molar-refractivity contribution is 0.178. The first-order valence-electron chi connectivity index (χ1n) is 10.6. The Hall–Kier alpha value is -2.21. The van der Waals surface area contributed by atoms with Crippen molar-refractivity contribution in [1.82, 2.24) is 19.2 Å². The first-order chi connectivity index (χ1) is 15.3. The lowest BCUT2D eigenvalue weighted by atomic mass is 9.97. The third-order valence-corrected chi connectivity index (χ3v) is 9.24. The first-order valence-corrected chi connectivity index (χ1v) is 12.8. The van der Waals surface area contributed by atoms with Crippen molar-refractivity contribution in [2.24, 2.45) is 0 Å². The molecule has 5 rings (SSSR count). The molecule has 1 aromatic carbocycles. The Bertz CT molecular complexity index is 1270. The number of rotatable bonds is 4. The van der Waals surface area contributed by atoms with Gasteiger partial charge >= 0.3 is 0 Å². The van der Waals surface area contributed by atoms with Crippen molar-refractivity contribution in [1.29, 1.82) is 0 Å². The Kier molecular flexibility index (Phi) is 5.60. The molecule has 0 unspecified atom stereocenters. The van der Waals surface area contributed by atoms with Crippen LogP contribution in [0, 0.1) is 11.6 Å². The summed E-state index contributed by atoms with van der Waals surface area (Å²) in [6.45, 7) is 1.49. The van der Waals surface area contributed by atoms with Crippen LogP contribution in [0.4, 0.5) is 14.6 Å². The summed E-state index contributed by atoms with van der Waals surface area (Å²) in [6.07, 6.45) is 4.42. The summed E-state index contributed by atoms with van der Waals surface area (Å²) in [5.74, 6) is -1.06. The standard InChI is InChI=1S/C21H23F2N5O2S2/c22-14-5-3-6-15(23)19(14)32(29,30)28-10-8-27(9-11-28)12-17-25-20(24)18-13-4-1-2-7-16(13)31-21(18)26-17/h3,5-6H,1-2,4,7-12H2,(H2,24,25,26). The van der Waals surface area contributed by atoms with Crippen LogP contribution >= 0.6 is 11.3 Å². The molecule has 2 aromatic heterocycles. The maximum atomic E-state index is 14.0. The van der Waals surface area contributed by atoms with Gasteiger partial charge in [-0.2, -0.15) is 4.31 Å². The van der Waals surface area contributed by atoms with Gasteiger partial charge in [-0.25, -0.2) is 27.2 Å². The van der Waals surface area contributed by atoms with E-state index in [4.69, 9.17) is 10.7 Å². The average molecular weight is 480 g/mol. The van der Waals surface area contributed by atoms with Crippen molar-refractivity contribution < 1.29 is 17.2 Å². The van der Waals surface area contributed by atoms with Gasteiger partial charge in [0, 0.05) is 31.1 Å². The Morgan fingerprint density at radius 3 is 2.44 bits per heavy atom. The van der Waals surface area contributed by atoms with Crippen LogP contribution in [0.3, 0.4) is 0 Å². The van der Waals surface area contributed by atoms with Gasteiger partial charge in [0.15, 0.2) is 4.90 Å². The van der Waals surface area contributed by atoms with Crippen LogP contribution in [0.1, 0.15) is 29.1 Å². The molecule has 2 N–H and O–H groups in total. The third kappa shape index (κ3) is 3.76. The van der Waals surface area contributed by atoms with E-state index in [-0.39, 0.29) is 13.1 Å². The quantitative estimate of drug-likeness (QED) is 0.619. The number of hydrogen-bond donors (Lipinski definition) is 1. The fourth-order valence-electron chi connectivity index (χ4n) is 4.49. The summed E-state index contributed by atoms with van der Waals surface area (Å²) in [7, 11) is -4.25. The van der Waals surface area contributed by atoms with Gasteiger partial charge in [-0.3, -0.25) is 4.90 Å². The molecule has 32 heavy (non-hydrogen) atoms. The summed E-state index contributed by atoms with van der Waals surface area (Å²) in [5, 5.41) is 0.983. The maximum absolute atomic E-state index is 14.0. The van der Waals surface area contributed by atoms with Crippen LogP contribution in [-0.2, 0) is 29.4 Å². The maximum Gasteiger partial charge on any atom is 0.249 e. The largest absolute Gasteiger partial charge is 0.383 e. The molecular weight excluding hydrogens is 456 g/mol. The minimum atomic E-state index is -4.25. The van der Waals surface area contributed by atoms with E-state index in [1.54, 1.807) is 11.3 Å². The molecule has 170 valence electrons. The van der Waals surface area contributed by atoms with Crippen LogP contribution < -0.4 is 5.73 Å². The van der Waals surface area contributed by atoms with E-state index >= 15 is 0 Å². The van der Waals surface area contributed by atoms with Gasteiger partial charge < -0.3 is 5.73 Å². The zero-order chi connectivity index (χ0) is 22.5. The van der Waals surface area contributed by atoms with E-state index in [1.807, 2.05) is 4.90 Å². The number of sulfonamides is 1. The highest BCUT2D eigenvalue weighted by Crippen LogP contribution is 2.37. The molecule has 0 atom stereocenters. The van der Waals surface area contributed by atoms with Crippen molar-refractivity contribution in [3.8, 4) is 0 Å². The molecule has 1 fully saturated rings. The fourth-order valence-corrected chi connectivity index (χ4v) is 7.31. The van der Waals surface area contributed by atoms with E-state index < -0.39 is 26.6 Å². The van der Waals surface area contributed by atoms with E-state index in [1.165, 1.54) is 16.9 Å². The van der Waals surface area contributed by atoms with Gasteiger partial charge in [-0.15, -0.1) is 11.3 Å². The predicted molar refractivity (Wildman–Crippen MR) is 119 cm³/mol. The van der Waals surface area contributed by atoms with Crippen molar-refractivity contribution in [2.75, 3.05) is 31.9 Å². The highest BCUT2D eigenvalue weighted by atomic mass is 32.2. The van der Waals surface area contributed by atoms with Gasteiger partial charge in [0.2, 0.25) is 10.0 Å². The van der Waals surface area contributed by atoms with Gasteiger partial charge in [0.05, 0.1) is 11.9 Å². The molecule has 7 nitrogen and oxygen atoms in total. The summed E-state index contributed by atoms with van der Waals surface area (Å²) in [4.78, 5) is 12.6. The molecule has 2 aliphatic rings. The number of nitrogens with two attached hydrogens (primary N) is 1. The fraction of sp³-hybridized carbons (Fsp3) is 0.429. The van der Waals surface area contributed by atoms with Crippen molar-refractivity contribution in [3.05, 3.63) is 46.1 Å². The predicted octanol–water partition coefficient (Wildman–Crippen LogP) is 2.94. The molecular formula is C21H23F2N5O2S2. The first kappa shape index (κ1) is 21.6. The SMILES string of the molecule is Nc1nc(CN2CCN(S(=O)(=O)c3c(F)cccc3F)CC2)nc2sc3c(c12)CCCC3. The van der Waals surface area contributed by atoms with Crippen LogP contribution in [0.25, 0.3) is 10.2 Å². The summed E-state index contributed by atoms with van der Waals surface area (Å²) < 4.78 is 54.7. The topological polar surface area (TPSA) is 92.4 Å². The number of halogens is 2. The Morgan fingerprint density at radius 1 is 1.03 bits per heavy atom. The summed E-state index contributed by atoms with van der Waals surface area (Å²) in [5.41, 5.74) is 7.57. The highest BCUT2D eigenvalue weighted by molar-refractivity contribution is 7.89. The van der Waals surface area contributed by atoms with Gasteiger partial charge in [0.25, 0.3) is 0 Å². The summed E-state index contributed by atoms with van der Waals surface area (Å²) >= 11 is 1.69. The van der Waals surface area contributed by atoms with Crippen LogP contribution in [-0.4, -0.2) is 53.8 Å². The smallest absolute Gasteiger partial charge is 0.249 e. The number of benzene rings is 1. The molecule has 1 aliphatic carbocycles. The molecule has 1 saturated heterocycles. The highest BCUT2D eigenvalue weighted by Gasteiger charge is 2.33. The number of thiophene rings is 1. The second-order valence-corrected chi connectivity index (χ2v) is 11.1. The molecule has 3 heterocycles. The number of aryl methyl sites for hydroxylation is 2. The van der Waals surface area contributed by atoms with Crippen molar-refractivity contribution >= 4 is 37.4 Å². The third-order valence-electron chi connectivity index (χ3n) is 6.10. The second kappa shape index (κ2) is 8.29. The van der Waals surface area contributed by atoms with Crippen LogP contribution in [0.15, 0.2) is 23.1 Å². The van der Waals surface area contributed by atoms with Crippen molar-refractivity contribution in [2.45, 2.75) is 37.1 Å². The number of hydrogen-bond acceptors (Lipinski definition) is 7. The Morgan fingerprint density at radius 2 is 1.72 bits per heavy atom. The molecule has 0 spiro atoms.